The topological polar surface area (TPSA) is 41.1 Å². The summed E-state index contributed by atoms with van der Waals surface area (Å²) in [7, 11) is 0. The maximum atomic E-state index is 11.4. The zero-order chi connectivity index (χ0) is 12.7. The molecule has 94 valence electrons. The molecule has 3 nitrogen and oxygen atoms in total. The molecular weight excluding hydrogens is 232 g/mol. The van der Waals surface area contributed by atoms with E-state index in [2.05, 4.69) is 41.2 Å². The van der Waals surface area contributed by atoms with Crippen LogP contribution in [0.1, 0.15) is 19.4 Å². The van der Waals surface area contributed by atoms with Gasteiger partial charge in [-0.15, -0.1) is 11.8 Å². The number of benzene rings is 1. The fourth-order valence-electron chi connectivity index (χ4n) is 1.44. The predicted octanol–water partition coefficient (Wildman–Crippen LogP) is 2.02. The highest BCUT2D eigenvalue weighted by molar-refractivity contribution is 7.98. The lowest BCUT2D eigenvalue weighted by Gasteiger charge is -2.09. The van der Waals surface area contributed by atoms with E-state index in [1.807, 2.05) is 13.8 Å². The van der Waals surface area contributed by atoms with E-state index in [9.17, 15) is 4.79 Å². The molecule has 4 heteroatoms. The van der Waals surface area contributed by atoms with E-state index in [4.69, 9.17) is 0 Å². The van der Waals surface area contributed by atoms with Gasteiger partial charge >= 0.3 is 0 Å². The molecule has 0 aliphatic rings. The fraction of sp³-hybridized carbons (Fsp3) is 0.462. The van der Waals surface area contributed by atoms with Gasteiger partial charge in [0, 0.05) is 17.5 Å². The van der Waals surface area contributed by atoms with Crippen LogP contribution in [-0.4, -0.2) is 24.7 Å². The summed E-state index contributed by atoms with van der Waals surface area (Å²) in [6.07, 6.45) is 2.06. The fourth-order valence-corrected chi connectivity index (χ4v) is 1.85. The van der Waals surface area contributed by atoms with Crippen LogP contribution in [0.3, 0.4) is 0 Å². The van der Waals surface area contributed by atoms with Gasteiger partial charge in [-0.3, -0.25) is 4.79 Å². The van der Waals surface area contributed by atoms with E-state index in [1.165, 1.54) is 10.5 Å². The minimum Gasteiger partial charge on any atom is -0.353 e. The first-order chi connectivity index (χ1) is 8.11. The first kappa shape index (κ1) is 14.1. The second-order valence-electron chi connectivity index (χ2n) is 4.17. The summed E-state index contributed by atoms with van der Waals surface area (Å²) in [6.45, 7) is 5.00. The smallest absolute Gasteiger partial charge is 0.234 e. The van der Waals surface area contributed by atoms with Gasteiger partial charge in [-0.1, -0.05) is 12.1 Å². The lowest BCUT2D eigenvalue weighted by Crippen LogP contribution is -2.37. The van der Waals surface area contributed by atoms with Crippen molar-refractivity contribution in [1.29, 1.82) is 0 Å². The van der Waals surface area contributed by atoms with Gasteiger partial charge in [-0.25, -0.2) is 0 Å². The summed E-state index contributed by atoms with van der Waals surface area (Å²) in [6, 6.07) is 8.55. The lowest BCUT2D eigenvalue weighted by molar-refractivity contribution is -0.120. The summed E-state index contributed by atoms with van der Waals surface area (Å²) in [4.78, 5) is 12.6. The van der Waals surface area contributed by atoms with Crippen molar-refractivity contribution < 1.29 is 4.79 Å². The zero-order valence-corrected chi connectivity index (χ0v) is 11.4. The van der Waals surface area contributed by atoms with E-state index in [0.717, 1.165) is 6.54 Å². The Kier molecular flexibility index (Phi) is 6.08. The van der Waals surface area contributed by atoms with Crippen molar-refractivity contribution in [2.45, 2.75) is 31.3 Å². The molecule has 0 aromatic heterocycles. The van der Waals surface area contributed by atoms with Gasteiger partial charge < -0.3 is 10.6 Å². The Bertz CT molecular complexity index is 349. The van der Waals surface area contributed by atoms with Crippen molar-refractivity contribution >= 4 is 17.7 Å². The number of thioether (sulfide) groups is 1. The van der Waals surface area contributed by atoms with Crippen molar-refractivity contribution in [3.8, 4) is 0 Å². The first-order valence-corrected chi connectivity index (χ1v) is 6.97. The highest BCUT2D eigenvalue weighted by Crippen LogP contribution is 2.14. The van der Waals surface area contributed by atoms with Crippen LogP contribution in [-0.2, 0) is 11.3 Å². The van der Waals surface area contributed by atoms with Gasteiger partial charge in [-0.2, -0.15) is 0 Å². The second-order valence-corrected chi connectivity index (χ2v) is 5.05. The van der Waals surface area contributed by atoms with Crippen LogP contribution in [0.4, 0.5) is 0 Å². The predicted molar refractivity (Wildman–Crippen MR) is 73.2 cm³/mol. The normalized spacial score (nSPS) is 10.6. The molecule has 0 unspecified atom stereocenters. The molecule has 1 rings (SSSR count). The molecule has 0 radical (unpaired) electrons. The van der Waals surface area contributed by atoms with Crippen LogP contribution in [0.25, 0.3) is 0 Å². The van der Waals surface area contributed by atoms with Crippen LogP contribution in [0.5, 0.6) is 0 Å². The van der Waals surface area contributed by atoms with Crippen LogP contribution in [0.15, 0.2) is 29.2 Å². The molecule has 17 heavy (non-hydrogen) atoms. The second kappa shape index (κ2) is 7.35. The monoisotopic (exact) mass is 252 g/mol. The van der Waals surface area contributed by atoms with Crippen LogP contribution < -0.4 is 10.6 Å². The van der Waals surface area contributed by atoms with Gasteiger partial charge in [0.2, 0.25) is 5.91 Å². The van der Waals surface area contributed by atoms with E-state index >= 15 is 0 Å². The molecule has 0 aliphatic carbocycles. The molecule has 0 saturated carbocycles. The van der Waals surface area contributed by atoms with Crippen molar-refractivity contribution in [2.75, 3.05) is 12.8 Å². The highest BCUT2D eigenvalue weighted by Gasteiger charge is 2.02. The molecule has 0 aliphatic heterocycles. The summed E-state index contributed by atoms with van der Waals surface area (Å²) < 4.78 is 0. The van der Waals surface area contributed by atoms with Crippen molar-refractivity contribution in [3.05, 3.63) is 29.8 Å². The largest absolute Gasteiger partial charge is 0.353 e. The highest BCUT2D eigenvalue weighted by atomic mass is 32.2. The number of amides is 1. The summed E-state index contributed by atoms with van der Waals surface area (Å²) in [5.74, 6) is 0.0423. The van der Waals surface area contributed by atoms with Gasteiger partial charge in [0.25, 0.3) is 0 Å². The molecule has 0 saturated heterocycles. The molecule has 2 N–H and O–H groups in total. The summed E-state index contributed by atoms with van der Waals surface area (Å²) >= 11 is 1.73. The molecular formula is C13H20N2OS. The zero-order valence-electron chi connectivity index (χ0n) is 10.6. The van der Waals surface area contributed by atoms with Crippen LogP contribution in [0.2, 0.25) is 0 Å². The molecule has 1 aromatic carbocycles. The molecule has 1 amide bonds. The maximum absolute atomic E-state index is 11.4. The SMILES string of the molecule is CSc1ccc(CNCC(=O)NC(C)C)cc1. The number of rotatable bonds is 6. The molecule has 0 spiro atoms. The summed E-state index contributed by atoms with van der Waals surface area (Å²) in [5.41, 5.74) is 1.19. The van der Waals surface area contributed by atoms with E-state index in [1.54, 1.807) is 11.8 Å². The Morgan fingerprint density at radius 1 is 1.29 bits per heavy atom. The maximum Gasteiger partial charge on any atom is 0.234 e. The standard InChI is InChI=1S/C13H20N2OS/c1-10(2)15-13(16)9-14-8-11-4-6-12(17-3)7-5-11/h4-7,10,14H,8-9H2,1-3H3,(H,15,16). The van der Waals surface area contributed by atoms with E-state index in [0.29, 0.717) is 6.54 Å². The molecule has 0 heterocycles. The molecule has 1 aromatic rings. The van der Waals surface area contributed by atoms with Gasteiger partial charge in [0.1, 0.15) is 0 Å². The van der Waals surface area contributed by atoms with Crippen LogP contribution >= 0.6 is 11.8 Å². The molecule has 0 atom stereocenters. The van der Waals surface area contributed by atoms with Gasteiger partial charge in [0.05, 0.1) is 6.54 Å². The van der Waals surface area contributed by atoms with Gasteiger partial charge in [-0.05, 0) is 37.8 Å². The van der Waals surface area contributed by atoms with E-state index < -0.39 is 0 Å². The molecule has 0 bridgehead atoms. The van der Waals surface area contributed by atoms with Crippen LogP contribution in [0, 0.1) is 0 Å². The third-order valence-corrected chi connectivity index (χ3v) is 2.97. The number of carbonyl (C=O) groups excluding carboxylic acids is 1. The quantitative estimate of drug-likeness (QED) is 0.761. The number of nitrogens with one attached hydrogen (secondary N) is 2. The summed E-state index contributed by atoms with van der Waals surface area (Å²) in [5, 5.41) is 5.97. The minimum atomic E-state index is 0.0423. The Morgan fingerprint density at radius 3 is 2.47 bits per heavy atom. The van der Waals surface area contributed by atoms with Crippen molar-refractivity contribution in [1.82, 2.24) is 10.6 Å². The lowest BCUT2D eigenvalue weighted by atomic mass is 10.2. The van der Waals surface area contributed by atoms with Gasteiger partial charge in [0.15, 0.2) is 0 Å². The Hall–Kier alpha value is -1.00. The first-order valence-electron chi connectivity index (χ1n) is 5.75. The average Bonchev–Trinajstić information content (AvgIpc) is 2.29. The Labute approximate surface area is 107 Å². The number of carbonyl (C=O) groups is 1. The van der Waals surface area contributed by atoms with Crippen molar-refractivity contribution in [2.24, 2.45) is 0 Å². The molecule has 0 fully saturated rings. The Balaban J connectivity index is 2.28. The number of hydrogen-bond acceptors (Lipinski definition) is 3. The third-order valence-electron chi connectivity index (χ3n) is 2.22. The average molecular weight is 252 g/mol. The van der Waals surface area contributed by atoms with E-state index in [-0.39, 0.29) is 11.9 Å². The minimum absolute atomic E-state index is 0.0423. The Morgan fingerprint density at radius 2 is 1.94 bits per heavy atom. The number of hydrogen-bond donors (Lipinski definition) is 2. The third kappa shape index (κ3) is 5.75. The van der Waals surface area contributed by atoms with Crippen molar-refractivity contribution in [3.63, 3.8) is 0 Å².